The van der Waals surface area contributed by atoms with Crippen molar-refractivity contribution in [2.75, 3.05) is 26.2 Å². The lowest BCUT2D eigenvalue weighted by molar-refractivity contribution is -0.145. The van der Waals surface area contributed by atoms with Crippen molar-refractivity contribution in [3.05, 3.63) is 35.9 Å². The van der Waals surface area contributed by atoms with Crippen LogP contribution in [0.1, 0.15) is 51.5 Å². The van der Waals surface area contributed by atoms with Gasteiger partial charge in [-0.05, 0) is 64.1 Å². The summed E-state index contributed by atoms with van der Waals surface area (Å²) in [5, 5.41) is 5.46. The molecule has 0 spiro atoms. The van der Waals surface area contributed by atoms with Crippen LogP contribution in [0.15, 0.2) is 35.3 Å². The molecule has 0 aliphatic carbocycles. The van der Waals surface area contributed by atoms with E-state index in [0.29, 0.717) is 45.2 Å². The number of guanidine groups is 1. The molecule has 1 fully saturated rings. The number of aldehydes is 1. The van der Waals surface area contributed by atoms with Crippen LogP contribution in [0.4, 0.5) is 4.79 Å². The highest BCUT2D eigenvalue weighted by Gasteiger charge is 2.55. The number of halogens is 1. The van der Waals surface area contributed by atoms with E-state index in [1.807, 2.05) is 42.2 Å². The summed E-state index contributed by atoms with van der Waals surface area (Å²) >= 11 is 0. The van der Waals surface area contributed by atoms with Crippen molar-refractivity contribution in [3.63, 3.8) is 0 Å². The van der Waals surface area contributed by atoms with Gasteiger partial charge in [-0.1, -0.05) is 37.3 Å². The lowest BCUT2D eigenvalue weighted by Gasteiger charge is -2.38. The Morgan fingerprint density at radius 3 is 2.50 bits per heavy atom. The molecule has 0 saturated carbocycles. The van der Waals surface area contributed by atoms with E-state index in [4.69, 9.17) is 16.2 Å². The summed E-state index contributed by atoms with van der Waals surface area (Å²) in [6, 6.07) is 7.47. The molecule has 11 nitrogen and oxygen atoms in total. The third kappa shape index (κ3) is 8.98. The number of aliphatic imine (C=N–C) groups is 1. The number of nitrogens with zero attached hydrogens (tertiary/aromatic N) is 2. The second-order valence-corrected chi connectivity index (χ2v) is 9.09. The number of carbonyl (C=O) groups excluding carboxylic acids is 4. The average Bonchev–Trinajstić information content (AvgIpc) is 3.30. The van der Waals surface area contributed by atoms with Crippen LogP contribution in [-0.4, -0.2) is 78.8 Å². The number of likely N-dealkylation sites (tertiary alicyclic amines) is 1. The first-order chi connectivity index (χ1) is 17.8. The Bertz CT molecular complexity index is 943. The Balaban J connectivity index is 0.00000722. The van der Waals surface area contributed by atoms with Crippen LogP contribution in [0.2, 0.25) is 0 Å². The fourth-order valence-electron chi connectivity index (χ4n) is 4.74. The number of alkyl carbamates (subject to hydrolysis) is 1. The minimum absolute atomic E-state index is 0. The summed E-state index contributed by atoms with van der Waals surface area (Å²) in [4.78, 5) is 58.0. The minimum Gasteiger partial charge on any atom is -0.450 e. The van der Waals surface area contributed by atoms with E-state index in [1.165, 1.54) is 0 Å². The molecular weight excluding hydrogens is 512 g/mol. The molecule has 0 radical (unpaired) electrons. The van der Waals surface area contributed by atoms with Crippen molar-refractivity contribution in [2.45, 2.75) is 70.0 Å². The van der Waals surface area contributed by atoms with Crippen molar-refractivity contribution >= 4 is 42.4 Å². The van der Waals surface area contributed by atoms with E-state index in [1.54, 1.807) is 6.92 Å². The molecule has 12 heteroatoms. The van der Waals surface area contributed by atoms with Crippen molar-refractivity contribution in [1.29, 1.82) is 0 Å². The van der Waals surface area contributed by atoms with Gasteiger partial charge in [-0.3, -0.25) is 19.5 Å². The Morgan fingerprint density at radius 1 is 1.18 bits per heavy atom. The van der Waals surface area contributed by atoms with Crippen LogP contribution < -0.4 is 22.1 Å². The molecule has 0 bridgehead atoms. The third-order valence-electron chi connectivity index (χ3n) is 6.40. The molecule has 1 saturated heterocycles. The Hall–Kier alpha value is -3.18. The summed E-state index contributed by atoms with van der Waals surface area (Å²) in [7, 11) is 0. The van der Waals surface area contributed by atoms with Crippen molar-refractivity contribution < 1.29 is 23.9 Å². The summed E-state index contributed by atoms with van der Waals surface area (Å²) < 4.78 is 5.05. The van der Waals surface area contributed by atoms with Gasteiger partial charge in [0.2, 0.25) is 5.91 Å². The molecule has 1 heterocycles. The molecule has 0 unspecified atom stereocenters. The maximum absolute atomic E-state index is 14.2. The highest BCUT2D eigenvalue weighted by atomic mass is 35.5. The Labute approximate surface area is 230 Å². The van der Waals surface area contributed by atoms with Crippen molar-refractivity contribution in [3.8, 4) is 0 Å². The number of amides is 2. The van der Waals surface area contributed by atoms with Crippen LogP contribution in [0, 0.1) is 0 Å². The van der Waals surface area contributed by atoms with E-state index in [0.717, 1.165) is 12.0 Å². The molecule has 1 aromatic carbocycles. The normalized spacial score (nSPS) is 18.4. The lowest BCUT2D eigenvalue weighted by Crippen LogP contribution is -2.66. The van der Waals surface area contributed by atoms with Gasteiger partial charge in [0.15, 0.2) is 17.3 Å². The number of nitrogens with one attached hydrogen (secondary N) is 2. The van der Waals surface area contributed by atoms with Gasteiger partial charge in [-0.2, -0.15) is 0 Å². The molecule has 3 atom stereocenters. The lowest BCUT2D eigenvalue weighted by atomic mass is 9.83. The van der Waals surface area contributed by atoms with Gasteiger partial charge in [0.1, 0.15) is 6.29 Å². The van der Waals surface area contributed by atoms with E-state index in [-0.39, 0.29) is 37.8 Å². The second kappa shape index (κ2) is 16.6. The van der Waals surface area contributed by atoms with E-state index < -0.39 is 35.4 Å². The number of hydrogen-bond donors (Lipinski definition) is 4. The largest absolute Gasteiger partial charge is 0.450 e. The quantitative estimate of drug-likeness (QED) is 0.0829. The summed E-state index contributed by atoms with van der Waals surface area (Å²) in [6.45, 7) is 5.19. The number of nitrogens with two attached hydrogens (primary N) is 2. The zero-order chi connectivity index (χ0) is 27.3. The van der Waals surface area contributed by atoms with E-state index in [2.05, 4.69) is 15.6 Å². The molecule has 6 N–H and O–H groups in total. The van der Waals surface area contributed by atoms with E-state index in [9.17, 15) is 19.2 Å². The fraction of sp³-hybridized carbons (Fsp3) is 0.577. The first-order valence-electron chi connectivity index (χ1n) is 12.9. The SMILES string of the molecule is CCCN1CCC[C@]1(C(=O)N[C@H](C=O)CCCN=C(N)N)C(=O)[C@H](Cc1ccccc1)NC(=O)OCC.Cl. The maximum Gasteiger partial charge on any atom is 0.407 e. The zero-order valence-electron chi connectivity index (χ0n) is 22.2. The van der Waals surface area contributed by atoms with Gasteiger partial charge < -0.3 is 31.6 Å². The van der Waals surface area contributed by atoms with Gasteiger partial charge in [0, 0.05) is 6.54 Å². The second-order valence-electron chi connectivity index (χ2n) is 9.09. The van der Waals surface area contributed by atoms with Crippen LogP contribution in [0.5, 0.6) is 0 Å². The number of rotatable bonds is 15. The molecular formula is C26H41ClN6O5. The maximum atomic E-state index is 14.2. The van der Waals surface area contributed by atoms with Gasteiger partial charge in [-0.15, -0.1) is 12.4 Å². The number of ether oxygens (including phenoxy) is 1. The molecule has 38 heavy (non-hydrogen) atoms. The zero-order valence-corrected chi connectivity index (χ0v) is 23.0. The minimum atomic E-state index is -1.52. The smallest absolute Gasteiger partial charge is 0.407 e. The summed E-state index contributed by atoms with van der Waals surface area (Å²) in [5.41, 5.74) is 10.0. The molecule has 2 rings (SSSR count). The topological polar surface area (TPSA) is 169 Å². The van der Waals surface area contributed by atoms with Crippen LogP contribution in [-0.2, 0) is 25.5 Å². The number of Topliss-reactive ketones (excluding diaryl/α,β-unsaturated/α-hetero) is 1. The molecule has 2 amide bonds. The highest BCUT2D eigenvalue weighted by Crippen LogP contribution is 2.33. The van der Waals surface area contributed by atoms with Gasteiger partial charge >= 0.3 is 6.09 Å². The van der Waals surface area contributed by atoms with E-state index >= 15 is 0 Å². The molecule has 1 aliphatic rings. The van der Waals surface area contributed by atoms with Gasteiger partial charge in [0.05, 0.1) is 18.7 Å². The summed E-state index contributed by atoms with van der Waals surface area (Å²) in [5.74, 6) is -1.000. The predicted molar refractivity (Wildman–Crippen MR) is 148 cm³/mol. The number of hydrogen-bond acceptors (Lipinski definition) is 7. The Morgan fingerprint density at radius 2 is 1.89 bits per heavy atom. The average molecular weight is 553 g/mol. The van der Waals surface area contributed by atoms with Crippen LogP contribution in [0.3, 0.4) is 0 Å². The number of ketones is 1. The molecule has 1 aliphatic heterocycles. The molecule has 0 aromatic heterocycles. The first-order valence-corrected chi connectivity index (χ1v) is 12.9. The highest BCUT2D eigenvalue weighted by molar-refractivity contribution is 6.14. The molecule has 1 aromatic rings. The monoisotopic (exact) mass is 552 g/mol. The van der Waals surface area contributed by atoms with Crippen molar-refractivity contribution in [2.24, 2.45) is 16.5 Å². The molecule has 212 valence electrons. The van der Waals surface area contributed by atoms with Crippen LogP contribution >= 0.6 is 12.4 Å². The predicted octanol–water partition coefficient (Wildman–Crippen LogP) is 1.32. The van der Waals surface area contributed by atoms with Crippen LogP contribution in [0.25, 0.3) is 0 Å². The first kappa shape index (κ1) is 32.8. The third-order valence-corrected chi connectivity index (χ3v) is 6.40. The Kier molecular flexibility index (Phi) is 14.4. The fourth-order valence-corrected chi connectivity index (χ4v) is 4.74. The van der Waals surface area contributed by atoms with Gasteiger partial charge in [0.25, 0.3) is 0 Å². The van der Waals surface area contributed by atoms with Crippen molar-refractivity contribution in [1.82, 2.24) is 15.5 Å². The summed E-state index contributed by atoms with van der Waals surface area (Å²) in [6.07, 6.45) is 2.57. The number of carbonyl (C=O) groups is 4. The van der Waals surface area contributed by atoms with Gasteiger partial charge in [-0.25, -0.2) is 4.79 Å². The number of benzene rings is 1. The standard InChI is InChI=1S/C26H40N6O5.ClH/c1-3-15-32-16-9-13-26(32,23(35)30-20(18-33)12-8-14-29-24(27)28)22(34)21(31-25(36)37-4-2)17-19-10-6-5-7-11-19;/h5-7,10-11,18,20-21H,3-4,8-9,12-17H2,1-2H3,(H,30,35)(H,31,36)(H4,27,28,29);1H/t20-,21-,26+;/m0./s1.